The summed E-state index contributed by atoms with van der Waals surface area (Å²) in [7, 11) is 0. The van der Waals surface area contributed by atoms with Gasteiger partial charge in [-0.25, -0.2) is 0 Å². The number of anilines is 1. The highest BCUT2D eigenvalue weighted by molar-refractivity contribution is 5.76. The molecule has 1 aromatic rings. The number of nitrogens with one attached hydrogen (secondary N) is 1. The number of nitrogens with zero attached hydrogens (tertiary/aromatic N) is 2. The number of carbonyl (C=O) groups excluding carboxylic acids is 1. The third-order valence-electron chi connectivity index (χ3n) is 3.52. The molecule has 1 rings (SSSR count). The Morgan fingerprint density at radius 1 is 1.29 bits per heavy atom. The van der Waals surface area contributed by atoms with E-state index in [4.69, 9.17) is 0 Å². The largest absolute Gasteiger partial charge is 0.416 e. The van der Waals surface area contributed by atoms with Gasteiger partial charge in [0.1, 0.15) is 5.69 Å². The van der Waals surface area contributed by atoms with Crippen molar-refractivity contribution in [2.45, 2.75) is 32.9 Å². The average Bonchev–Trinajstić information content (AvgIpc) is 2.51. The Balaban J connectivity index is 2.68. The lowest BCUT2D eigenvalue weighted by atomic mass is 10.1. The second kappa shape index (κ2) is 8.51. The molecule has 0 heterocycles. The minimum absolute atomic E-state index is 0.00304. The van der Waals surface area contributed by atoms with Crippen molar-refractivity contribution in [3.05, 3.63) is 33.9 Å². The number of rotatable bonds is 8. The number of halogens is 3. The highest BCUT2D eigenvalue weighted by atomic mass is 19.4. The maximum absolute atomic E-state index is 12.6. The fourth-order valence-corrected chi connectivity index (χ4v) is 2.21. The molecule has 0 radical (unpaired) electrons. The molecule has 0 saturated heterocycles. The molecule has 1 aromatic carbocycles. The maximum Gasteiger partial charge on any atom is 0.416 e. The van der Waals surface area contributed by atoms with E-state index >= 15 is 0 Å². The first-order valence-electron chi connectivity index (χ1n) is 7.58. The Morgan fingerprint density at radius 2 is 1.92 bits per heavy atom. The number of benzene rings is 1. The summed E-state index contributed by atoms with van der Waals surface area (Å²) in [6.45, 7) is 5.19. The fraction of sp³-hybridized carbons (Fsp3) is 0.533. The van der Waals surface area contributed by atoms with Crippen LogP contribution in [-0.2, 0) is 11.0 Å². The molecule has 0 spiro atoms. The molecule has 1 N–H and O–H groups in total. The predicted molar refractivity (Wildman–Crippen MR) is 83.8 cm³/mol. The van der Waals surface area contributed by atoms with Gasteiger partial charge < -0.3 is 10.2 Å². The van der Waals surface area contributed by atoms with Crippen LogP contribution in [0.2, 0.25) is 0 Å². The molecule has 0 aliphatic carbocycles. The van der Waals surface area contributed by atoms with Gasteiger partial charge in [-0.15, -0.1) is 0 Å². The van der Waals surface area contributed by atoms with Crippen molar-refractivity contribution in [1.29, 1.82) is 0 Å². The van der Waals surface area contributed by atoms with E-state index in [1.165, 1.54) is 0 Å². The lowest BCUT2D eigenvalue weighted by molar-refractivity contribution is -0.384. The van der Waals surface area contributed by atoms with Crippen LogP contribution in [-0.4, -0.2) is 35.4 Å². The third kappa shape index (κ3) is 5.39. The van der Waals surface area contributed by atoms with E-state index in [0.717, 1.165) is 12.1 Å². The van der Waals surface area contributed by atoms with Crippen LogP contribution in [0.3, 0.4) is 0 Å². The number of carbonyl (C=O) groups is 1. The molecule has 0 unspecified atom stereocenters. The molecule has 24 heavy (non-hydrogen) atoms. The number of nitro benzene ring substituents is 1. The number of alkyl halides is 3. The summed E-state index contributed by atoms with van der Waals surface area (Å²) in [5.41, 5.74) is -1.71. The first-order chi connectivity index (χ1) is 11.2. The second-order valence-corrected chi connectivity index (χ2v) is 5.08. The van der Waals surface area contributed by atoms with Crippen molar-refractivity contribution in [3.8, 4) is 0 Å². The molecule has 9 heteroatoms. The first kappa shape index (κ1) is 19.7. The third-order valence-corrected chi connectivity index (χ3v) is 3.52. The molecule has 134 valence electrons. The Labute approximate surface area is 137 Å². The Bertz CT molecular complexity index is 587. The molecule has 0 aliphatic heterocycles. The molecular formula is C15H20F3N3O3. The lowest BCUT2D eigenvalue weighted by Gasteiger charge is -2.18. The Hall–Kier alpha value is -2.32. The lowest BCUT2D eigenvalue weighted by Crippen LogP contribution is -2.30. The summed E-state index contributed by atoms with van der Waals surface area (Å²) in [6, 6.07) is 2.33. The molecule has 1 amide bonds. The molecule has 0 aromatic heterocycles. The van der Waals surface area contributed by atoms with Crippen molar-refractivity contribution < 1.29 is 22.9 Å². The monoisotopic (exact) mass is 347 g/mol. The van der Waals surface area contributed by atoms with Gasteiger partial charge in [-0.1, -0.05) is 0 Å². The zero-order valence-corrected chi connectivity index (χ0v) is 13.5. The van der Waals surface area contributed by atoms with Gasteiger partial charge in [-0.2, -0.15) is 13.2 Å². The van der Waals surface area contributed by atoms with E-state index in [1.807, 2.05) is 13.8 Å². The van der Waals surface area contributed by atoms with Crippen molar-refractivity contribution in [2.24, 2.45) is 0 Å². The number of hydrogen-bond donors (Lipinski definition) is 1. The van der Waals surface area contributed by atoms with E-state index in [0.29, 0.717) is 25.6 Å². The summed E-state index contributed by atoms with van der Waals surface area (Å²) in [5, 5.41) is 13.7. The quantitative estimate of drug-likeness (QED) is 0.442. The van der Waals surface area contributed by atoms with E-state index < -0.39 is 22.4 Å². The Morgan fingerprint density at radius 3 is 2.42 bits per heavy atom. The van der Waals surface area contributed by atoms with Gasteiger partial charge in [-0.05, 0) is 32.4 Å². The SMILES string of the molecule is CCN(CC)C(=O)CCCNc1ccc(C(F)(F)F)cc1[N+](=O)[O-]. The van der Waals surface area contributed by atoms with E-state index in [9.17, 15) is 28.1 Å². The van der Waals surface area contributed by atoms with Gasteiger partial charge in [0.2, 0.25) is 5.91 Å². The van der Waals surface area contributed by atoms with Gasteiger partial charge in [-0.3, -0.25) is 14.9 Å². The molecule has 0 atom stereocenters. The van der Waals surface area contributed by atoms with Gasteiger partial charge >= 0.3 is 6.18 Å². The first-order valence-corrected chi connectivity index (χ1v) is 7.58. The van der Waals surface area contributed by atoms with Crippen molar-refractivity contribution in [3.63, 3.8) is 0 Å². The minimum atomic E-state index is -4.64. The number of hydrogen-bond acceptors (Lipinski definition) is 4. The summed E-state index contributed by atoms with van der Waals surface area (Å²) in [4.78, 5) is 23.6. The van der Waals surface area contributed by atoms with Crippen LogP contribution in [0, 0.1) is 10.1 Å². The van der Waals surface area contributed by atoms with Crippen LogP contribution in [0.4, 0.5) is 24.5 Å². The smallest absolute Gasteiger partial charge is 0.379 e. The average molecular weight is 347 g/mol. The zero-order valence-electron chi connectivity index (χ0n) is 13.5. The maximum atomic E-state index is 12.6. The van der Waals surface area contributed by atoms with Gasteiger partial charge in [0, 0.05) is 32.1 Å². The van der Waals surface area contributed by atoms with Crippen molar-refractivity contribution in [1.82, 2.24) is 4.90 Å². The highest BCUT2D eigenvalue weighted by Crippen LogP contribution is 2.34. The molecule has 0 fully saturated rings. The van der Waals surface area contributed by atoms with Gasteiger partial charge in [0.25, 0.3) is 5.69 Å². The standard InChI is InChI=1S/C15H20F3N3O3/c1-3-20(4-2)14(22)6-5-9-19-12-8-7-11(15(16,17)18)10-13(12)21(23)24/h7-8,10,19H,3-6,9H2,1-2H3. The van der Waals surface area contributed by atoms with Crippen LogP contribution in [0.1, 0.15) is 32.3 Å². The minimum Gasteiger partial charge on any atom is -0.379 e. The van der Waals surface area contributed by atoms with Gasteiger partial charge in [0.05, 0.1) is 10.5 Å². The predicted octanol–water partition coefficient (Wildman–Crippen LogP) is 3.67. The van der Waals surface area contributed by atoms with Crippen LogP contribution in [0.25, 0.3) is 0 Å². The zero-order chi connectivity index (χ0) is 18.3. The molecule has 0 aliphatic rings. The summed E-state index contributed by atoms with van der Waals surface area (Å²) >= 11 is 0. The summed E-state index contributed by atoms with van der Waals surface area (Å²) in [6.07, 6.45) is -3.95. The summed E-state index contributed by atoms with van der Waals surface area (Å²) in [5.74, 6) is -0.0243. The van der Waals surface area contributed by atoms with Crippen molar-refractivity contribution in [2.75, 3.05) is 25.0 Å². The van der Waals surface area contributed by atoms with Crippen LogP contribution in [0.5, 0.6) is 0 Å². The normalized spacial score (nSPS) is 11.2. The van der Waals surface area contributed by atoms with Crippen LogP contribution < -0.4 is 5.32 Å². The molecular weight excluding hydrogens is 327 g/mol. The molecule has 0 bridgehead atoms. The Kier molecular flexibility index (Phi) is 6.99. The molecule has 6 nitrogen and oxygen atoms in total. The van der Waals surface area contributed by atoms with E-state index in [1.54, 1.807) is 4.90 Å². The highest BCUT2D eigenvalue weighted by Gasteiger charge is 2.32. The molecule has 0 saturated carbocycles. The topological polar surface area (TPSA) is 75.5 Å². The van der Waals surface area contributed by atoms with Crippen molar-refractivity contribution >= 4 is 17.3 Å². The van der Waals surface area contributed by atoms with Crippen LogP contribution >= 0.6 is 0 Å². The number of nitro groups is 1. The van der Waals surface area contributed by atoms with E-state index in [-0.39, 0.29) is 24.6 Å². The summed E-state index contributed by atoms with van der Waals surface area (Å²) < 4.78 is 37.8. The fourth-order valence-electron chi connectivity index (χ4n) is 2.21. The van der Waals surface area contributed by atoms with Crippen LogP contribution in [0.15, 0.2) is 18.2 Å². The number of amides is 1. The van der Waals surface area contributed by atoms with E-state index in [2.05, 4.69) is 5.32 Å². The van der Waals surface area contributed by atoms with Gasteiger partial charge in [0.15, 0.2) is 0 Å². The second-order valence-electron chi connectivity index (χ2n) is 5.08.